The van der Waals surface area contributed by atoms with Gasteiger partial charge in [0.2, 0.25) is 15.9 Å². The lowest BCUT2D eigenvalue weighted by molar-refractivity contribution is -0.125. The molecule has 184 valence electrons. The fraction of sp³-hybridized carbons (Fsp3) is 0.269. The number of benzene rings is 2. The van der Waals surface area contributed by atoms with Gasteiger partial charge in [0.15, 0.2) is 0 Å². The van der Waals surface area contributed by atoms with Crippen LogP contribution in [0.1, 0.15) is 16.9 Å². The van der Waals surface area contributed by atoms with Gasteiger partial charge in [-0.15, -0.1) is 0 Å². The standard InChI is InChI=1S/C26H29N3O5S/c1-28(20-22-5-2-3-7-25(22)29-14-17-33-18-15-29)26(30)13-10-21-8-11-24(12-9-21)35(31,32)27-19-23-6-4-16-34-23/h2-13,16,27H,14-15,17-20H2,1H3/b13-10+. The topological polar surface area (TPSA) is 92.1 Å². The lowest BCUT2D eigenvalue weighted by Gasteiger charge is -2.31. The summed E-state index contributed by atoms with van der Waals surface area (Å²) in [6.45, 7) is 3.62. The summed E-state index contributed by atoms with van der Waals surface area (Å²) in [7, 11) is -1.90. The first kappa shape index (κ1) is 24.7. The minimum absolute atomic E-state index is 0.0759. The smallest absolute Gasteiger partial charge is 0.246 e. The van der Waals surface area contributed by atoms with Crippen molar-refractivity contribution in [2.24, 2.45) is 0 Å². The minimum Gasteiger partial charge on any atom is -0.468 e. The molecule has 1 fully saturated rings. The molecule has 8 nitrogen and oxygen atoms in total. The molecular formula is C26H29N3O5S. The van der Waals surface area contributed by atoms with Gasteiger partial charge >= 0.3 is 0 Å². The van der Waals surface area contributed by atoms with Gasteiger partial charge in [0.25, 0.3) is 0 Å². The summed E-state index contributed by atoms with van der Waals surface area (Å²) in [5, 5.41) is 0. The van der Waals surface area contributed by atoms with Gasteiger partial charge in [-0.25, -0.2) is 13.1 Å². The van der Waals surface area contributed by atoms with Crippen LogP contribution in [-0.2, 0) is 32.6 Å². The molecule has 0 aliphatic carbocycles. The molecule has 3 aromatic rings. The Hall–Kier alpha value is -3.40. The van der Waals surface area contributed by atoms with Crippen molar-refractivity contribution < 1.29 is 22.4 Å². The molecular weight excluding hydrogens is 466 g/mol. The lowest BCUT2D eigenvalue weighted by Crippen LogP contribution is -2.37. The molecule has 0 unspecified atom stereocenters. The Morgan fingerprint density at radius 2 is 1.80 bits per heavy atom. The van der Waals surface area contributed by atoms with E-state index >= 15 is 0 Å². The number of anilines is 1. The molecule has 1 aliphatic rings. The monoisotopic (exact) mass is 495 g/mol. The van der Waals surface area contributed by atoms with Crippen LogP contribution in [0.3, 0.4) is 0 Å². The van der Waals surface area contributed by atoms with E-state index < -0.39 is 10.0 Å². The van der Waals surface area contributed by atoms with E-state index in [4.69, 9.17) is 9.15 Å². The van der Waals surface area contributed by atoms with E-state index in [2.05, 4.69) is 15.7 Å². The van der Waals surface area contributed by atoms with Crippen LogP contribution in [0, 0.1) is 0 Å². The van der Waals surface area contributed by atoms with E-state index in [0.717, 1.165) is 29.9 Å². The Morgan fingerprint density at radius 3 is 2.51 bits per heavy atom. The van der Waals surface area contributed by atoms with Crippen molar-refractivity contribution in [3.63, 3.8) is 0 Å². The van der Waals surface area contributed by atoms with Crippen LogP contribution >= 0.6 is 0 Å². The van der Waals surface area contributed by atoms with Crippen LogP contribution in [0.5, 0.6) is 0 Å². The third kappa shape index (κ3) is 6.60. The maximum absolute atomic E-state index is 12.7. The highest BCUT2D eigenvalue weighted by Gasteiger charge is 2.17. The zero-order chi connectivity index (χ0) is 24.7. The molecule has 0 atom stereocenters. The number of nitrogens with zero attached hydrogens (tertiary/aromatic N) is 2. The number of amides is 1. The first-order chi connectivity index (χ1) is 16.9. The molecule has 0 bridgehead atoms. The minimum atomic E-state index is -3.67. The fourth-order valence-corrected chi connectivity index (χ4v) is 4.80. The van der Waals surface area contributed by atoms with Crippen molar-refractivity contribution in [3.8, 4) is 0 Å². The van der Waals surface area contributed by atoms with Gasteiger partial charge in [-0.05, 0) is 47.5 Å². The second kappa shape index (κ2) is 11.4. The zero-order valence-electron chi connectivity index (χ0n) is 19.6. The largest absolute Gasteiger partial charge is 0.468 e. The first-order valence-electron chi connectivity index (χ1n) is 11.4. The fourth-order valence-electron chi connectivity index (χ4n) is 3.81. The predicted molar refractivity (Wildman–Crippen MR) is 134 cm³/mol. The van der Waals surface area contributed by atoms with Crippen molar-refractivity contribution in [2.75, 3.05) is 38.3 Å². The maximum atomic E-state index is 12.7. The van der Waals surface area contributed by atoms with Gasteiger partial charge in [0, 0.05) is 38.4 Å². The van der Waals surface area contributed by atoms with Gasteiger partial charge < -0.3 is 19.0 Å². The Kier molecular flexibility index (Phi) is 8.02. The van der Waals surface area contributed by atoms with Crippen LogP contribution in [0.4, 0.5) is 5.69 Å². The van der Waals surface area contributed by atoms with Gasteiger partial charge in [-0.1, -0.05) is 30.3 Å². The Labute approximate surface area is 205 Å². The molecule has 4 rings (SSSR count). The second-order valence-electron chi connectivity index (χ2n) is 8.23. The van der Waals surface area contributed by atoms with Crippen LogP contribution in [0.2, 0.25) is 0 Å². The molecule has 1 aliphatic heterocycles. The van der Waals surface area contributed by atoms with E-state index in [9.17, 15) is 13.2 Å². The molecule has 35 heavy (non-hydrogen) atoms. The van der Waals surface area contributed by atoms with Crippen LogP contribution in [0.15, 0.2) is 82.3 Å². The van der Waals surface area contributed by atoms with Gasteiger partial charge in [-0.3, -0.25) is 4.79 Å². The summed E-state index contributed by atoms with van der Waals surface area (Å²) >= 11 is 0. The van der Waals surface area contributed by atoms with Crippen molar-refractivity contribution in [1.82, 2.24) is 9.62 Å². The van der Waals surface area contributed by atoms with Gasteiger partial charge in [0.1, 0.15) is 5.76 Å². The van der Waals surface area contributed by atoms with E-state index in [1.165, 1.54) is 24.5 Å². The van der Waals surface area contributed by atoms with Crippen molar-refractivity contribution in [3.05, 3.63) is 89.9 Å². The molecule has 1 amide bonds. The molecule has 1 N–H and O–H groups in total. The SMILES string of the molecule is CN(Cc1ccccc1N1CCOCC1)C(=O)/C=C/c1ccc(S(=O)(=O)NCc2ccco2)cc1. The number of hydrogen-bond donors (Lipinski definition) is 1. The van der Waals surface area contributed by atoms with E-state index in [-0.39, 0.29) is 17.3 Å². The second-order valence-corrected chi connectivity index (χ2v) is 10.00. The number of hydrogen-bond acceptors (Lipinski definition) is 6. The summed E-state index contributed by atoms with van der Waals surface area (Å²) in [5.74, 6) is 0.391. The molecule has 0 spiro atoms. The third-order valence-electron chi connectivity index (χ3n) is 5.75. The molecule has 9 heteroatoms. The highest BCUT2D eigenvalue weighted by atomic mass is 32.2. The summed E-state index contributed by atoms with van der Waals surface area (Å²) in [6.07, 6.45) is 4.67. The molecule has 2 aromatic carbocycles. The quantitative estimate of drug-likeness (QED) is 0.458. The number of ether oxygens (including phenoxy) is 1. The van der Waals surface area contributed by atoms with Crippen molar-refractivity contribution in [2.45, 2.75) is 18.0 Å². The number of furan rings is 1. The first-order valence-corrected chi connectivity index (χ1v) is 12.9. The van der Waals surface area contributed by atoms with Crippen molar-refractivity contribution in [1.29, 1.82) is 0 Å². The van der Waals surface area contributed by atoms with Gasteiger partial charge in [0.05, 0.1) is 30.9 Å². The Morgan fingerprint density at radius 1 is 1.06 bits per heavy atom. The molecule has 1 aromatic heterocycles. The number of likely N-dealkylation sites (N-methyl/N-ethyl adjacent to an activating group) is 1. The number of morpholine rings is 1. The maximum Gasteiger partial charge on any atom is 0.246 e. The average Bonchev–Trinajstić information content (AvgIpc) is 3.41. The number of carbonyl (C=O) groups excluding carboxylic acids is 1. The Bertz CT molecular complexity index is 1250. The normalized spacial score (nSPS) is 14.4. The van der Waals surface area contributed by atoms with E-state index in [1.54, 1.807) is 42.3 Å². The summed E-state index contributed by atoms with van der Waals surface area (Å²) in [5.41, 5.74) is 2.93. The molecule has 2 heterocycles. The predicted octanol–water partition coefficient (Wildman–Crippen LogP) is 3.27. The number of para-hydroxylation sites is 1. The zero-order valence-corrected chi connectivity index (χ0v) is 20.4. The van der Waals surface area contributed by atoms with Crippen LogP contribution in [0.25, 0.3) is 6.08 Å². The van der Waals surface area contributed by atoms with Crippen LogP contribution in [-0.4, -0.2) is 52.6 Å². The summed E-state index contributed by atoms with van der Waals surface area (Å²) < 4.78 is 38.0. The molecule has 0 radical (unpaired) electrons. The molecule has 1 saturated heterocycles. The van der Waals surface area contributed by atoms with Crippen LogP contribution < -0.4 is 9.62 Å². The number of sulfonamides is 1. The van der Waals surface area contributed by atoms with Gasteiger partial charge in [-0.2, -0.15) is 0 Å². The third-order valence-corrected chi connectivity index (χ3v) is 7.17. The highest BCUT2D eigenvalue weighted by molar-refractivity contribution is 7.89. The Balaban J connectivity index is 1.35. The lowest BCUT2D eigenvalue weighted by atomic mass is 10.1. The number of carbonyl (C=O) groups is 1. The number of rotatable bonds is 9. The summed E-state index contributed by atoms with van der Waals surface area (Å²) in [4.78, 5) is 16.8. The average molecular weight is 496 g/mol. The van der Waals surface area contributed by atoms with E-state index in [1.807, 2.05) is 18.2 Å². The number of nitrogens with one attached hydrogen (secondary N) is 1. The highest BCUT2D eigenvalue weighted by Crippen LogP contribution is 2.23. The summed E-state index contributed by atoms with van der Waals surface area (Å²) in [6, 6.07) is 17.9. The van der Waals surface area contributed by atoms with E-state index in [0.29, 0.717) is 25.5 Å². The van der Waals surface area contributed by atoms with Crippen molar-refractivity contribution >= 4 is 27.7 Å². The molecule has 0 saturated carbocycles.